The molecule has 0 saturated carbocycles. The van der Waals surface area contributed by atoms with E-state index in [1.807, 2.05) is 36.5 Å². The van der Waals surface area contributed by atoms with Crippen molar-refractivity contribution in [3.63, 3.8) is 0 Å². The van der Waals surface area contributed by atoms with E-state index in [0.29, 0.717) is 12.2 Å². The number of rotatable bonds is 6. The van der Waals surface area contributed by atoms with Gasteiger partial charge in [-0.15, -0.1) is 0 Å². The van der Waals surface area contributed by atoms with Crippen LogP contribution in [-0.4, -0.2) is 30.5 Å². The van der Waals surface area contributed by atoms with Gasteiger partial charge in [0.05, 0.1) is 11.9 Å². The number of hydrogen-bond donors (Lipinski definition) is 1. The van der Waals surface area contributed by atoms with Crippen molar-refractivity contribution in [3.05, 3.63) is 59.9 Å². The van der Waals surface area contributed by atoms with Crippen molar-refractivity contribution in [3.8, 4) is 0 Å². The normalized spacial score (nSPS) is 14.4. The van der Waals surface area contributed by atoms with Crippen LogP contribution in [-0.2, 0) is 6.42 Å². The molecule has 1 aliphatic rings. The van der Waals surface area contributed by atoms with Crippen LogP contribution < -0.4 is 10.2 Å². The number of pyridine rings is 1. The summed E-state index contributed by atoms with van der Waals surface area (Å²) in [6.45, 7) is 2.85. The summed E-state index contributed by atoms with van der Waals surface area (Å²) in [6.07, 6.45) is 7.52. The molecule has 2 heterocycles. The Bertz CT molecular complexity index is 634. The third-order valence-electron chi connectivity index (χ3n) is 4.47. The van der Waals surface area contributed by atoms with Gasteiger partial charge in [-0.25, -0.2) is 4.98 Å². The van der Waals surface area contributed by atoms with E-state index in [2.05, 4.69) is 27.3 Å². The van der Waals surface area contributed by atoms with Gasteiger partial charge in [0.2, 0.25) is 0 Å². The molecule has 0 aliphatic carbocycles. The maximum Gasteiger partial charge on any atom is 0.269 e. The van der Waals surface area contributed by atoms with E-state index in [0.717, 1.165) is 31.6 Å². The highest BCUT2D eigenvalue weighted by molar-refractivity contribution is 5.92. The molecule has 0 radical (unpaired) electrons. The van der Waals surface area contributed by atoms with Gasteiger partial charge in [-0.3, -0.25) is 4.79 Å². The fourth-order valence-corrected chi connectivity index (χ4v) is 3.09. The lowest BCUT2D eigenvalue weighted by Gasteiger charge is -2.28. The average Bonchev–Trinajstić information content (AvgIpc) is 2.67. The van der Waals surface area contributed by atoms with Crippen LogP contribution >= 0.6 is 0 Å². The van der Waals surface area contributed by atoms with Crippen LogP contribution in [0.2, 0.25) is 0 Å². The molecule has 1 amide bonds. The van der Waals surface area contributed by atoms with Crippen LogP contribution in [0.15, 0.2) is 48.7 Å². The standard InChI is InChI=1S/C20H25N3O/c24-20(21-13-7-10-17-8-3-1-4-9-17)19-12-11-18(16-22-19)23-14-5-2-6-15-23/h1,3-4,8-9,11-12,16H,2,5-7,10,13-15H2,(H,21,24). The predicted octanol–water partition coefficient (Wildman–Crippen LogP) is 3.43. The zero-order valence-electron chi connectivity index (χ0n) is 14.1. The number of anilines is 1. The molecule has 0 atom stereocenters. The first-order valence-electron chi connectivity index (χ1n) is 8.86. The Morgan fingerprint density at radius 2 is 1.83 bits per heavy atom. The number of benzene rings is 1. The van der Waals surface area contributed by atoms with Gasteiger partial charge in [0.25, 0.3) is 5.91 Å². The molecule has 1 aromatic carbocycles. The number of aryl methyl sites for hydroxylation is 1. The Hall–Kier alpha value is -2.36. The second-order valence-electron chi connectivity index (χ2n) is 6.29. The third-order valence-corrected chi connectivity index (χ3v) is 4.47. The highest BCUT2D eigenvalue weighted by Gasteiger charge is 2.12. The maximum atomic E-state index is 12.2. The lowest BCUT2D eigenvalue weighted by molar-refractivity contribution is 0.0948. The Labute approximate surface area is 143 Å². The minimum Gasteiger partial charge on any atom is -0.370 e. The van der Waals surface area contributed by atoms with E-state index in [4.69, 9.17) is 0 Å². The van der Waals surface area contributed by atoms with E-state index < -0.39 is 0 Å². The van der Waals surface area contributed by atoms with Crippen LogP contribution in [0.3, 0.4) is 0 Å². The third kappa shape index (κ3) is 4.57. The van der Waals surface area contributed by atoms with Crippen molar-refractivity contribution >= 4 is 11.6 Å². The topological polar surface area (TPSA) is 45.2 Å². The summed E-state index contributed by atoms with van der Waals surface area (Å²) in [7, 11) is 0. The van der Waals surface area contributed by atoms with Gasteiger partial charge in [0.15, 0.2) is 0 Å². The lowest BCUT2D eigenvalue weighted by atomic mass is 10.1. The van der Waals surface area contributed by atoms with Gasteiger partial charge in [-0.2, -0.15) is 0 Å². The summed E-state index contributed by atoms with van der Waals surface area (Å²) in [6, 6.07) is 14.2. The van der Waals surface area contributed by atoms with Gasteiger partial charge in [-0.05, 0) is 49.8 Å². The summed E-state index contributed by atoms with van der Waals surface area (Å²) in [5.74, 6) is -0.0896. The number of carbonyl (C=O) groups is 1. The number of piperidine rings is 1. The quantitative estimate of drug-likeness (QED) is 0.828. The summed E-state index contributed by atoms with van der Waals surface area (Å²) in [5.41, 5.74) is 2.92. The van der Waals surface area contributed by atoms with Crippen LogP contribution in [0.4, 0.5) is 5.69 Å². The largest absolute Gasteiger partial charge is 0.370 e. The second kappa shape index (κ2) is 8.48. The van der Waals surface area contributed by atoms with Crippen molar-refractivity contribution in [1.29, 1.82) is 0 Å². The number of aromatic nitrogens is 1. The van der Waals surface area contributed by atoms with Crippen LogP contribution in [0.1, 0.15) is 41.7 Å². The van der Waals surface area contributed by atoms with Crippen molar-refractivity contribution in [1.82, 2.24) is 10.3 Å². The summed E-state index contributed by atoms with van der Waals surface area (Å²) < 4.78 is 0. The summed E-state index contributed by atoms with van der Waals surface area (Å²) in [5, 5.41) is 2.95. The Morgan fingerprint density at radius 3 is 2.54 bits per heavy atom. The first-order valence-corrected chi connectivity index (χ1v) is 8.86. The van der Waals surface area contributed by atoms with Gasteiger partial charge in [0.1, 0.15) is 5.69 Å². The smallest absolute Gasteiger partial charge is 0.269 e. The average molecular weight is 323 g/mol. The first kappa shape index (κ1) is 16.5. The van der Waals surface area contributed by atoms with E-state index >= 15 is 0 Å². The van der Waals surface area contributed by atoms with Crippen LogP contribution in [0.5, 0.6) is 0 Å². The highest BCUT2D eigenvalue weighted by Crippen LogP contribution is 2.18. The molecule has 126 valence electrons. The second-order valence-corrected chi connectivity index (χ2v) is 6.29. The zero-order valence-corrected chi connectivity index (χ0v) is 14.1. The van der Waals surface area contributed by atoms with Crippen LogP contribution in [0, 0.1) is 0 Å². The molecule has 1 aliphatic heterocycles. The number of nitrogens with zero attached hydrogens (tertiary/aromatic N) is 2. The molecule has 2 aromatic rings. The molecule has 1 aromatic heterocycles. The maximum absolute atomic E-state index is 12.2. The number of nitrogens with one attached hydrogen (secondary N) is 1. The SMILES string of the molecule is O=C(NCCCc1ccccc1)c1ccc(N2CCCCC2)cn1. The number of amides is 1. The molecular formula is C20H25N3O. The summed E-state index contributed by atoms with van der Waals surface area (Å²) in [4.78, 5) is 18.8. The fraction of sp³-hybridized carbons (Fsp3) is 0.400. The first-order chi connectivity index (χ1) is 11.8. The predicted molar refractivity (Wildman–Crippen MR) is 97.4 cm³/mol. The lowest BCUT2D eigenvalue weighted by Crippen LogP contribution is -2.30. The monoisotopic (exact) mass is 323 g/mol. The van der Waals surface area contributed by atoms with Crippen LogP contribution in [0.25, 0.3) is 0 Å². The fourth-order valence-electron chi connectivity index (χ4n) is 3.09. The molecule has 4 heteroatoms. The van der Waals surface area contributed by atoms with Gasteiger partial charge in [-0.1, -0.05) is 30.3 Å². The molecule has 3 rings (SSSR count). The zero-order chi connectivity index (χ0) is 16.6. The number of hydrogen-bond acceptors (Lipinski definition) is 3. The Morgan fingerprint density at radius 1 is 1.04 bits per heavy atom. The molecule has 24 heavy (non-hydrogen) atoms. The van der Waals surface area contributed by atoms with Gasteiger partial charge in [0, 0.05) is 19.6 Å². The van der Waals surface area contributed by atoms with Gasteiger partial charge >= 0.3 is 0 Å². The molecule has 0 spiro atoms. The molecule has 1 saturated heterocycles. The van der Waals surface area contributed by atoms with E-state index in [1.165, 1.54) is 24.8 Å². The molecule has 1 fully saturated rings. The molecule has 0 unspecified atom stereocenters. The minimum atomic E-state index is -0.0896. The van der Waals surface area contributed by atoms with E-state index in [9.17, 15) is 4.79 Å². The van der Waals surface area contributed by atoms with Gasteiger partial charge < -0.3 is 10.2 Å². The van der Waals surface area contributed by atoms with Crippen molar-refractivity contribution in [2.24, 2.45) is 0 Å². The highest BCUT2D eigenvalue weighted by atomic mass is 16.1. The minimum absolute atomic E-state index is 0.0896. The molecule has 4 nitrogen and oxygen atoms in total. The molecule has 0 bridgehead atoms. The van der Waals surface area contributed by atoms with Crippen molar-refractivity contribution < 1.29 is 4.79 Å². The molecule has 1 N–H and O–H groups in total. The van der Waals surface area contributed by atoms with Crippen molar-refractivity contribution in [2.45, 2.75) is 32.1 Å². The summed E-state index contributed by atoms with van der Waals surface area (Å²) >= 11 is 0. The van der Waals surface area contributed by atoms with E-state index in [-0.39, 0.29) is 5.91 Å². The van der Waals surface area contributed by atoms with Crippen molar-refractivity contribution in [2.75, 3.05) is 24.5 Å². The Kier molecular flexibility index (Phi) is 5.83. The molecular weight excluding hydrogens is 298 g/mol. The Balaban J connectivity index is 1.44. The number of carbonyl (C=O) groups excluding carboxylic acids is 1. The van der Waals surface area contributed by atoms with E-state index in [1.54, 1.807) is 0 Å².